The van der Waals surface area contributed by atoms with Gasteiger partial charge in [-0.05, 0) is 29.8 Å². The molecule has 0 radical (unpaired) electrons. The summed E-state index contributed by atoms with van der Waals surface area (Å²) in [6, 6.07) is 12.9. The van der Waals surface area contributed by atoms with Crippen molar-refractivity contribution in [2.45, 2.75) is 12.7 Å². The van der Waals surface area contributed by atoms with E-state index in [1.165, 1.54) is 0 Å². The van der Waals surface area contributed by atoms with Crippen LogP contribution in [0.25, 0.3) is 0 Å². The van der Waals surface area contributed by atoms with E-state index < -0.39 is 0 Å². The molecule has 0 saturated carbocycles. The van der Waals surface area contributed by atoms with E-state index in [0.29, 0.717) is 12.3 Å². The minimum Gasteiger partial charge on any atom is -0.483 e. The Bertz CT molecular complexity index is 471. The first-order valence-corrected chi connectivity index (χ1v) is 5.81. The number of benzene rings is 1. The van der Waals surface area contributed by atoms with Crippen molar-refractivity contribution < 1.29 is 9.84 Å². The molecule has 2 rings (SSSR count). The Hall–Kier alpha value is -1.91. The van der Waals surface area contributed by atoms with Gasteiger partial charge >= 0.3 is 0 Å². The number of rotatable bonds is 5. The van der Waals surface area contributed by atoms with Gasteiger partial charge in [0, 0.05) is 12.7 Å². The molecule has 0 spiro atoms. The van der Waals surface area contributed by atoms with E-state index in [1.54, 1.807) is 6.20 Å². The van der Waals surface area contributed by atoms with Gasteiger partial charge in [0.15, 0.2) is 6.10 Å². The molecule has 1 unspecified atom stereocenters. The molecule has 2 aromatic rings. The summed E-state index contributed by atoms with van der Waals surface area (Å²) < 4.78 is 5.78. The van der Waals surface area contributed by atoms with Crippen LogP contribution in [0.2, 0.25) is 0 Å². The molecule has 1 aromatic heterocycles. The van der Waals surface area contributed by atoms with Gasteiger partial charge < -0.3 is 15.6 Å². The highest BCUT2D eigenvalue weighted by atomic mass is 16.5. The first-order valence-electron chi connectivity index (χ1n) is 5.81. The fraction of sp³-hybridized carbons (Fsp3) is 0.214. The molecule has 0 fully saturated rings. The van der Waals surface area contributed by atoms with E-state index in [-0.39, 0.29) is 12.7 Å². The van der Waals surface area contributed by atoms with Gasteiger partial charge in [-0.3, -0.25) is 4.98 Å². The lowest BCUT2D eigenvalue weighted by Gasteiger charge is -2.16. The minimum absolute atomic E-state index is 0.0286. The van der Waals surface area contributed by atoms with Crippen molar-refractivity contribution in [3.63, 3.8) is 0 Å². The lowest BCUT2D eigenvalue weighted by molar-refractivity contribution is 0.209. The fourth-order valence-electron chi connectivity index (χ4n) is 1.63. The zero-order valence-corrected chi connectivity index (χ0v) is 9.99. The number of nitrogens with zero attached hydrogens (tertiary/aromatic N) is 1. The van der Waals surface area contributed by atoms with Crippen LogP contribution in [0.1, 0.15) is 17.4 Å². The molecular weight excluding hydrogens is 228 g/mol. The van der Waals surface area contributed by atoms with Gasteiger partial charge in [0.1, 0.15) is 5.75 Å². The highest BCUT2D eigenvalue weighted by Gasteiger charge is 2.12. The zero-order valence-electron chi connectivity index (χ0n) is 9.99. The molecule has 1 heterocycles. The largest absolute Gasteiger partial charge is 0.483 e. The van der Waals surface area contributed by atoms with Gasteiger partial charge in [-0.25, -0.2) is 0 Å². The summed E-state index contributed by atoms with van der Waals surface area (Å²) in [5, 5.41) is 8.96. The minimum atomic E-state index is -0.258. The third kappa shape index (κ3) is 3.06. The van der Waals surface area contributed by atoms with Crippen molar-refractivity contribution in [2.75, 3.05) is 6.54 Å². The van der Waals surface area contributed by atoms with Gasteiger partial charge in [0.05, 0.1) is 12.3 Å². The molecule has 0 aliphatic rings. The number of aromatic nitrogens is 1. The summed E-state index contributed by atoms with van der Waals surface area (Å²) in [7, 11) is 0. The van der Waals surface area contributed by atoms with Crippen LogP contribution in [0.5, 0.6) is 5.75 Å². The number of ether oxygens (including phenoxy) is 1. The Morgan fingerprint density at radius 3 is 2.50 bits per heavy atom. The number of aliphatic hydroxyl groups is 1. The number of pyridine rings is 1. The van der Waals surface area contributed by atoms with Gasteiger partial charge in [-0.2, -0.15) is 0 Å². The normalized spacial score (nSPS) is 12.1. The molecule has 0 saturated heterocycles. The van der Waals surface area contributed by atoms with Crippen LogP contribution in [0.3, 0.4) is 0 Å². The van der Waals surface area contributed by atoms with E-state index in [1.807, 2.05) is 42.5 Å². The Morgan fingerprint density at radius 1 is 1.17 bits per heavy atom. The maximum absolute atomic E-state index is 8.96. The third-order valence-electron chi connectivity index (χ3n) is 2.62. The molecule has 0 amide bonds. The van der Waals surface area contributed by atoms with Crippen molar-refractivity contribution in [3.05, 3.63) is 59.9 Å². The molecule has 3 N–H and O–H groups in total. The van der Waals surface area contributed by atoms with Gasteiger partial charge in [-0.15, -0.1) is 0 Å². The van der Waals surface area contributed by atoms with E-state index in [0.717, 1.165) is 11.3 Å². The highest BCUT2D eigenvalue weighted by Crippen LogP contribution is 2.20. The number of hydrogen-bond acceptors (Lipinski definition) is 4. The molecule has 4 nitrogen and oxygen atoms in total. The molecule has 18 heavy (non-hydrogen) atoms. The second-order valence-corrected chi connectivity index (χ2v) is 3.90. The second-order valence-electron chi connectivity index (χ2n) is 3.90. The van der Waals surface area contributed by atoms with Gasteiger partial charge in [0.25, 0.3) is 0 Å². The van der Waals surface area contributed by atoms with Gasteiger partial charge in [0.2, 0.25) is 0 Å². The van der Waals surface area contributed by atoms with Crippen molar-refractivity contribution in [1.82, 2.24) is 4.98 Å². The van der Waals surface area contributed by atoms with Gasteiger partial charge in [-0.1, -0.05) is 18.2 Å². The summed E-state index contributed by atoms with van der Waals surface area (Å²) in [6.45, 7) is 0.388. The molecular formula is C14H16N2O2. The number of nitrogens with two attached hydrogens (primary N) is 1. The molecule has 0 bridgehead atoms. The first kappa shape index (κ1) is 12.5. The summed E-state index contributed by atoms with van der Waals surface area (Å²) in [5.41, 5.74) is 7.37. The average molecular weight is 244 g/mol. The Balaban J connectivity index is 2.10. The SMILES string of the molecule is NCC(Oc1ccc(CO)cc1)c1ccccn1. The molecule has 4 heteroatoms. The first-order chi connectivity index (χ1) is 8.83. The lowest BCUT2D eigenvalue weighted by atomic mass is 10.2. The molecule has 0 aliphatic carbocycles. The molecule has 1 atom stereocenters. The summed E-state index contributed by atoms with van der Waals surface area (Å²) in [5.74, 6) is 0.716. The van der Waals surface area contributed by atoms with E-state index >= 15 is 0 Å². The van der Waals surface area contributed by atoms with E-state index in [9.17, 15) is 0 Å². The Morgan fingerprint density at radius 2 is 1.94 bits per heavy atom. The topological polar surface area (TPSA) is 68.4 Å². The van der Waals surface area contributed by atoms with Crippen molar-refractivity contribution in [2.24, 2.45) is 5.73 Å². The number of hydrogen-bond donors (Lipinski definition) is 2. The second kappa shape index (κ2) is 6.14. The highest BCUT2D eigenvalue weighted by molar-refractivity contribution is 5.27. The Labute approximate surface area is 106 Å². The predicted molar refractivity (Wildman–Crippen MR) is 69.0 cm³/mol. The molecule has 0 aliphatic heterocycles. The molecule has 1 aromatic carbocycles. The predicted octanol–water partition coefficient (Wildman–Crippen LogP) is 1.65. The third-order valence-corrected chi connectivity index (χ3v) is 2.62. The van der Waals surface area contributed by atoms with Crippen LogP contribution < -0.4 is 10.5 Å². The standard InChI is InChI=1S/C14H16N2O2/c15-9-14(13-3-1-2-8-16-13)18-12-6-4-11(10-17)5-7-12/h1-8,14,17H,9-10,15H2. The molecule has 94 valence electrons. The maximum Gasteiger partial charge on any atom is 0.153 e. The van der Waals surface area contributed by atoms with Crippen molar-refractivity contribution in [1.29, 1.82) is 0 Å². The Kier molecular flexibility index (Phi) is 4.28. The quantitative estimate of drug-likeness (QED) is 0.839. The smallest absolute Gasteiger partial charge is 0.153 e. The average Bonchev–Trinajstić information content (AvgIpc) is 2.46. The van der Waals surface area contributed by atoms with Crippen LogP contribution in [-0.4, -0.2) is 16.6 Å². The van der Waals surface area contributed by atoms with Crippen LogP contribution in [0, 0.1) is 0 Å². The summed E-state index contributed by atoms with van der Waals surface area (Å²) in [4.78, 5) is 4.23. The lowest BCUT2D eigenvalue weighted by Crippen LogP contribution is -2.19. The van der Waals surface area contributed by atoms with E-state index in [2.05, 4.69) is 4.98 Å². The zero-order chi connectivity index (χ0) is 12.8. The van der Waals surface area contributed by atoms with Crippen LogP contribution >= 0.6 is 0 Å². The number of aliphatic hydroxyl groups excluding tert-OH is 1. The van der Waals surface area contributed by atoms with E-state index in [4.69, 9.17) is 15.6 Å². The fourth-order valence-corrected chi connectivity index (χ4v) is 1.63. The van der Waals surface area contributed by atoms with Crippen LogP contribution in [0.15, 0.2) is 48.7 Å². The summed E-state index contributed by atoms with van der Waals surface area (Å²) in [6.07, 6.45) is 1.46. The van der Waals surface area contributed by atoms with Crippen molar-refractivity contribution in [3.8, 4) is 5.75 Å². The monoisotopic (exact) mass is 244 g/mol. The maximum atomic E-state index is 8.96. The van der Waals surface area contributed by atoms with Crippen LogP contribution in [0.4, 0.5) is 0 Å². The summed E-state index contributed by atoms with van der Waals surface area (Å²) >= 11 is 0. The van der Waals surface area contributed by atoms with Crippen molar-refractivity contribution >= 4 is 0 Å². The van der Waals surface area contributed by atoms with Crippen LogP contribution in [-0.2, 0) is 6.61 Å².